The van der Waals surface area contributed by atoms with Gasteiger partial charge < -0.3 is 4.90 Å². The molecule has 5 rings (SSSR count). The number of hydrogen-bond donors (Lipinski definition) is 0. The fourth-order valence-electron chi connectivity index (χ4n) is 3.55. The predicted molar refractivity (Wildman–Crippen MR) is 92.4 cm³/mol. The largest absolute Gasteiger partial charge is 0.368 e. The molecular weight excluding hydrogens is 282 g/mol. The minimum Gasteiger partial charge on any atom is -0.368 e. The van der Waals surface area contributed by atoms with Crippen LogP contribution in [0.2, 0.25) is 0 Å². The summed E-state index contributed by atoms with van der Waals surface area (Å²) in [6, 6.07) is 19.2. The third kappa shape index (κ3) is 1.97. The fourth-order valence-corrected chi connectivity index (χ4v) is 3.55. The summed E-state index contributed by atoms with van der Waals surface area (Å²) >= 11 is 0. The smallest absolute Gasteiger partial charge is 0.116 e. The van der Waals surface area contributed by atoms with Gasteiger partial charge in [-0.05, 0) is 33.9 Å². The van der Waals surface area contributed by atoms with Crippen molar-refractivity contribution >= 4 is 28.0 Å². The Labute approximate surface area is 133 Å². The Balaban J connectivity index is 1.70. The van der Waals surface area contributed by atoms with E-state index in [-0.39, 0.29) is 0 Å². The van der Waals surface area contributed by atoms with Crippen molar-refractivity contribution in [3.63, 3.8) is 0 Å². The molecule has 23 heavy (non-hydrogen) atoms. The molecule has 0 aliphatic carbocycles. The molecule has 1 aromatic heterocycles. The van der Waals surface area contributed by atoms with Crippen LogP contribution >= 0.6 is 0 Å². The number of nitrogens with zero attached hydrogens (tertiary/aromatic N) is 3. The summed E-state index contributed by atoms with van der Waals surface area (Å²) in [5.74, 6) is 0. The summed E-state index contributed by atoms with van der Waals surface area (Å²) in [4.78, 5) is 11.2. The fraction of sp³-hybridized carbons (Fsp3) is 0.100. The average molecular weight is 297 g/mol. The summed E-state index contributed by atoms with van der Waals surface area (Å²) in [5.41, 5.74) is 4.74. The Hall–Kier alpha value is -2.94. The lowest BCUT2D eigenvalue weighted by Gasteiger charge is -2.26. The maximum atomic E-state index is 4.42. The molecule has 110 valence electrons. The van der Waals surface area contributed by atoms with Crippen molar-refractivity contribution in [1.29, 1.82) is 0 Å². The number of hydrogen-bond acceptors (Lipinski definition) is 3. The van der Waals surface area contributed by atoms with Crippen LogP contribution < -0.4 is 5.22 Å². The van der Waals surface area contributed by atoms with Crippen LogP contribution in [0.15, 0.2) is 60.9 Å². The molecule has 3 heteroatoms. The third-order valence-corrected chi connectivity index (χ3v) is 4.55. The molecule has 0 fully saturated rings. The van der Waals surface area contributed by atoms with Gasteiger partial charge >= 0.3 is 0 Å². The quantitative estimate of drug-likeness (QED) is 0.569. The first-order valence-electron chi connectivity index (χ1n) is 7.83. The van der Waals surface area contributed by atoms with Gasteiger partial charge in [0, 0.05) is 24.7 Å². The van der Waals surface area contributed by atoms with Crippen molar-refractivity contribution in [3.8, 4) is 0 Å². The third-order valence-electron chi connectivity index (χ3n) is 4.55. The van der Waals surface area contributed by atoms with Crippen LogP contribution in [-0.2, 0) is 13.1 Å². The molecule has 4 aromatic rings. The zero-order valence-corrected chi connectivity index (χ0v) is 12.6. The lowest BCUT2D eigenvalue weighted by Crippen LogP contribution is -2.25. The van der Waals surface area contributed by atoms with Crippen molar-refractivity contribution < 1.29 is 0 Å². The van der Waals surface area contributed by atoms with Crippen molar-refractivity contribution in [2.75, 3.05) is 0 Å². The van der Waals surface area contributed by atoms with Crippen molar-refractivity contribution in [2.45, 2.75) is 13.1 Å². The highest BCUT2D eigenvalue weighted by Crippen LogP contribution is 2.27. The van der Waals surface area contributed by atoms with Crippen LogP contribution in [0.1, 0.15) is 11.1 Å². The van der Waals surface area contributed by atoms with E-state index >= 15 is 0 Å². The highest BCUT2D eigenvalue weighted by molar-refractivity contribution is 6.08. The van der Waals surface area contributed by atoms with Crippen molar-refractivity contribution in [2.24, 2.45) is 0 Å². The minimum atomic E-state index is 0.922. The van der Waals surface area contributed by atoms with E-state index in [2.05, 4.69) is 75.7 Å². The molecule has 0 saturated heterocycles. The van der Waals surface area contributed by atoms with Gasteiger partial charge in [-0.1, -0.05) is 42.5 Å². The second-order valence-corrected chi connectivity index (χ2v) is 6.06. The molecule has 1 aliphatic rings. The maximum Gasteiger partial charge on any atom is 0.116 e. The molecule has 0 amide bonds. The monoisotopic (exact) mass is 297 g/mol. The molecule has 0 atom stereocenters. The van der Waals surface area contributed by atoms with Gasteiger partial charge in [-0.15, -0.1) is 0 Å². The summed E-state index contributed by atoms with van der Waals surface area (Å²) in [7, 11) is 0. The highest BCUT2D eigenvalue weighted by atomic mass is 15.1. The SMILES string of the molecule is C1=c2ccc3ncnc4ccc(c2c43)CN1Cc1ccccc1. The Bertz CT molecular complexity index is 1050. The van der Waals surface area contributed by atoms with Gasteiger partial charge in [-0.25, -0.2) is 9.97 Å². The topological polar surface area (TPSA) is 29.0 Å². The van der Waals surface area contributed by atoms with E-state index in [9.17, 15) is 0 Å². The standard InChI is InChI=1S/C20H15N3/c1-2-4-14(5-3-1)10-23-11-15-6-8-17-20-18(22-13-21-17)9-7-16(12-23)19(15)20/h1-9,11,13H,10,12H2. The van der Waals surface area contributed by atoms with Gasteiger partial charge in [0.25, 0.3) is 0 Å². The summed E-state index contributed by atoms with van der Waals surface area (Å²) in [5, 5.41) is 3.76. The van der Waals surface area contributed by atoms with E-state index in [0.717, 1.165) is 24.1 Å². The summed E-state index contributed by atoms with van der Waals surface area (Å²) in [6.07, 6.45) is 3.91. The lowest BCUT2D eigenvalue weighted by atomic mass is 9.97. The molecule has 0 unspecified atom stereocenters. The van der Waals surface area contributed by atoms with Gasteiger partial charge in [0.2, 0.25) is 0 Å². The molecule has 0 N–H and O–H groups in total. The van der Waals surface area contributed by atoms with Crippen molar-refractivity contribution in [1.82, 2.24) is 14.9 Å². The van der Waals surface area contributed by atoms with Gasteiger partial charge in [-0.3, -0.25) is 0 Å². The zero-order valence-electron chi connectivity index (χ0n) is 12.6. The molecule has 0 saturated carbocycles. The van der Waals surface area contributed by atoms with Crippen molar-refractivity contribution in [3.05, 3.63) is 77.3 Å². The van der Waals surface area contributed by atoms with E-state index in [1.165, 1.54) is 27.1 Å². The maximum absolute atomic E-state index is 4.42. The number of rotatable bonds is 2. The zero-order chi connectivity index (χ0) is 15.2. The molecule has 0 radical (unpaired) electrons. The molecule has 0 spiro atoms. The Morgan fingerprint density at radius 3 is 2.43 bits per heavy atom. The first kappa shape index (κ1) is 12.6. The van der Waals surface area contributed by atoms with Crippen LogP contribution in [0.5, 0.6) is 0 Å². The number of benzene rings is 3. The van der Waals surface area contributed by atoms with Gasteiger partial charge in [0.15, 0.2) is 0 Å². The number of aromatic nitrogens is 2. The van der Waals surface area contributed by atoms with Crippen LogP contribution in [-0.4, -0.2) is 14.9 Å². The summed E-state index contributed by atoms with van der Waals surface area (Å²) < 4.78 is 0. The van der Waals surface area contributed by atoms with Crippen LogP contribution in [0, 0.1) is 0 Å². The lowest BCUT2D eigenvalue weighted by molar-refractivity contribution is 0.396. The first-order valence-corrected chi connectivity index (χ1v) is 7.83. The van der Waals surface area contributed by atoms with E-state index in [0.29, 0.717) is 0 Å². The first-order chi connectivity index (χ1) is 11.4. The second kappa shape index (κ2) is 4.78. The molecular formula is C20H15N3. The van der Waals surface area contributed by atoms with Crippen LogP contribution in [0.4, 0.5) is 0 Å². The molecule has 1 aliphatic heterocycles. The van der Waals surface area contributed by atoms with Gasteiger partial charge in [-0.2, -0.15) is 0 Å². The molecule has 0 bridgehead atoms. The normalized spacial score (nSPS) is 13.5. The average Bonchev–Trinajstić information content (AvgIpc) is 2.60. The molecule has 3 nitrogen and oxygen atoms in total. The van der Waals surface area contributed by atoms with Gasteiger partial charge in [0.1, 0.15) is 6.33 Å². The van der Waals surface area contributed by atoms with E-state index < -0.39 is 0 Å². The predicted octanol–water partition coefficient (Wildman–Crippen LogP) is 3.26. The van der Waals surface area contributed by atoms with Crippen LogP contribution in [0.25, 0.3) is 28.0 Å². The Morgan fingerprint density at radius 2 is 1.61 bits per heavy atom. The van der Waals surface area contributed by atoms with E-state index in [1.54, 1.807) is 6.33 Å². The minimum absolute atomic E-state index is 0.922. The van der Waals surface area contributed by atoms with Crippen LogP contribution in [0.3, 0.4) is 0 Å². The van der Waals surface area contributed by atoms with E-state index in [1.807, 2.05) is 0 Å². The van der Waals surface area contributed by atoms with E-state index in [4.69, 9.17) is 0 Å². The Morgan fingerprint density at radius 1 is 0.826 bits per heavy atom. The summed E-state index contributed by atoms with van der Waals surface area (Å²) in [6.45, 7) is 1.85. The molecule has 3 aromatic carbocycles. The molecule has 2 heterocycles. The Kier molecular flexibility index (Phi) is 2.62. The second-order valence-electron chi connectivity index (χ2n) is 6.06. The highest BCUT2D eigenvalue weighted by Gasteiger charge is 2.15. The van der Waals surface area contributed by atoms with Gasteiger partial charge in [0.05, 0.1) is 11.0 Å².